The van der Waals surface area contributed by atoms with E-state index in [1.165, 1.54) is 12.0 Å². The van der Waals surface area contributed by atoms with Crippen LogP contribution in [0.1, 0.15) is 126 Å². The second-order valence-corrected chi connectivity index (χ2v) is 19.8. The van der Waals surface area contributed by atoms with Crippen molar-refractivity contribution >= 4 is 23.4 Å². The lowest BCUT2D eigenvalue weighted by Gasteiger charge is -2.43. The number of aliphatic hydroxyl groups excluding tert-OH is 3. The summed E-state index contributed by atoms with van der Waals surface area (Å²) in [5.41, 5.74) is 1.33. The fourth-order valence-corrected chi connectivity index (χ4v) is 10.3. The van der Waals surface area contributed by atoms with Gasteiger partial charge in [0.25, 0.3) is 11.7 Å². The van der Waals surface area contributed by atoms with Crippen molar-refractivity contribution in [3.05, 3.63) is 47.6 Å². The molecule has 2 saturated heterocycles. The van der Waals surface area contributed by atoms with Gasteiger partial charge in [0, 0.05) is 58.5 Å². The zero-order valence-electron chi connectivity index (χ0n) is 40.7. The largest absolute Gasteiger partial charge is 0.460 e. The molecular weight excluding hydrogens is 835 g/mol. The molecule has 0 aromatic rings. The van der Waals surface area contributed by atoms with E-state index < -0.39 is 90.0 Å². The van der Waals surface area contributed by atoms with Crippen LogP contribution in [0, 0.1) is 35.5 Å². The summed E-state index contributed by atoms with van der Waals surface area (Å²) in [5, 5.41) is 45.7. The number of hydrogen-bond donors (Lipinski definition) is 4. The molecule has 368 valence electrons. The van der Waals surface area contributed by atoms with E-state index in [-0.39, 0.29) is 49.0 Å². The van der Waals surface area contributed by atoms with Crippen LogP contribution in [-0.2, 0) is 42.9 Å². The van der Waals surface area contributed by atoms with Crippen LogP contribution in [0.4, 0.5) is 0 Å². The molecule has 3 heterocycles. The smallest absolute Gasteiger partial charge is 0.329 e. The number of nitrogens with zero attached hydrogens (tertiary/aromatic N) is 1. The minimum Gasteiger partial charge on any atom is -0.460 e. The Balaban J connectivity index is 1.70. The van der Waals surface area contributed by atoms with Gasteiger partial charge in [0.2, 0.25) is 5.79 Å². The number of rotatable bonds is 6. The molecule has 65 heavy (non-hydrogen) atoms. The lowest BCUT2D eigenvalue weighted by atomic mass is 9.78. The number of Topliss-reactive ketones (excluding diaryl/α,β-unsaturated/α-hetero) is 2. The highest BCUT2D eigenvalue weighted by atomic mass is 16.6. The number of carbonyl (C=O) groups is 4. The van der Waals surface area contributed by atoms with Gasteiger partial charge in [-0.1, -0.05) is 71.1 Å². The molecule has 0 radical (unpaired) electrons. The first kappa shape index (κ1) is 54.5. The number of allylic oxidation sites excluding steroid dienone is 5. The molecule has 0 aromatic carbocycles. The summed E-state index contributed by atoms with van der Waals surface area (Å²) >= 11 is 0. The second kappa shape index (κ2) is 25.3. The fourth-order valence-electron chi connectivity index (χ4n) is 10.3. The van der Waals surface area contributed by atoms with Crippen molar-refractivity contribution < 1.29 is 63.3 Å². The maximum Gasteiger partial charge on any atom is 0.329 e. The number of ether oxygens (including phenoxy) is 5. The van der Waals surface area contributed by atoms with E-state index >= 15 is 0 Å². The first-order chi connectivity index (χ1) is 30.7. The average molecular weight is 916 g/mol. The highest BCUT2D eigenvalue weighted by molar-refractivity contribution is 6.39. The Hall–Kier alpha value is -3.08. The van der Waals surface area contributed by atoms with Gasteiger partial charge in [0.15, 0.2) is 5.78 Å². The van der Waals surface area contributed by atoms with Crippen molar-refractivity contribution in [2.75, 3.05) is 27.9 Å². The van der Waals surface area contributed by atoms with Gasteiger partial charge in [-0.3, -0.25) is 14.4 Å². The highest BCUT2D eigenvalue weighted by Crippen LogP contribution is 2.38. The third-order valence-corrected chi connectivity index (χ3v) is 14.7. The summed E-state index contributed by atoms with van der Waals surface area (Å²) in [6.07, 6.45) is 10.9. The minimum absolute atomic E-state index is 0.0183. The molecule has 14 nitrogen and oxygen atoms in total. The van der Waals surface area contributed by atoms with Crippen molar-refractivity contribution in [2.45, 2.75) is 186 Å². The molecule has 4 aliphatic rings. The monoisotopic (exact) mass is 916 g/mol. The van der Waals surface area contributed by atoms with Crippen LogP contribution in [0.2, 0.25) is 0 Å². The van der Waals surface area contributed by atoms with Crippen molar-refractivity contribution in [2.24, 2.45) is 35.5 Å². The molecule has 4 N–H and O–H groups in total. The van der Waals surface area contributed by atoms with E-state index in [0.717, 1.165) is 12.0 Å². The van der Waals surface area contributed by atoms with Crippen molar-refractivity contribution in [1.29, 1.82) is 0 Å². The van der Waals surface area contributed by atoms with Gasteiger partial charge in [-0.05, 0) is 107 Å². The molecule has 0 spiro atoms. The van der Waals surface area contributed by atoms with Crippen molar-refractivity contribution in [3.8, 4) is 0 Å². The first-order valence-corrected chi connectivity index (χ1v) is 24.1. The molecule has 0 unspecified atom stereocenters. The fraction of sp³-hybridized carbons (Fsp3) is 0.765. The van der Waals surface area contributed by atoms with Gasteiger partial charge in [0.05, 0.1) is 30.5 Å². The third kappa shape index (κ3) is 14.5. The lowest BCUT2D eigenvalue weighted by molar-refractivity contribution is -0.265. The van der Waals surface area contributed by atoms with Gasteiger partial charge in [-0.25, -0.2) is 4.79 Å². The van der Waals surface area contributed by atoms with Gasteiger partial charge < -0.3 is 49.0 Å². The Morgan fingerprint density at radius 3 is 2.22 bits per heavy atom. The number of esters is 1. The molecule has 3 fully saturated rings. The van der Waals surface area contributed by atoms with Crippen LogP contribution in [0.15, 0.2) is 47.6 Å². The Morgan fingerprint density at radius 2 is 1.54 bits per heavy atom. The normalized spacial score (nSPS) is 41.5. The summed E-state index contributed by atoms with van der Waals surface area (Å²) in [5.74, 6) is -7.26. The number of cyclic esters (lactones) is 1. The van der Waals surface area contributed by atoms with Crippen LogP contribution in [0.25, 0.3) is 0 Å². The topological polar surface area (TPSA) is 199 Å². The average Bonchev–Trinajstić information content (AvgIpc) is 3.28. The van der Waals surface area contributed by atoms with Crippen LogP contribution < -0.4 is 0 Å². The van der Waals surface area contributed by atoms with Gasteiger partial charge in [0.1, 0.15) is 24.4 Å². The summed E-state index contributed by atoms with van der Waals surface area (Å²) < 4.78 is 29.5. The van der Waals surface area contributed by atoms with Crippen LogP contribution in [0.3, 0.4) is 0 Å². The van der Waals surface area contributed by atoms with E-state index in [4.69, 9.17) is 23.7 Å². The number of amides is 1. The molecule has 4 rings (SSSR count). The Bertz CT molecular complexity index is 1710. The SMILES string of the molecule is CO[C@H]1C[C@@H]2CC[C@@H](C)[C@@](O)(O2)C(=O)C(=O)N2CCCC[C@H]2C(=O)O[C@H]([C@H](C)C[C@H]2CC[C@@H](O)[C@H](OC)C2)C[C@@H](O)[C@H](C)/C=C(\C)[C@@H](O)[C@@H](OC)C(=O)[C@H](C)C[C@H](C)\C=C/C=C/C=C/1C. The maximum absolute atomic E-state index is 14.4. The molecule has 1 saturated carbocycles. The molecule has 3 aliphatic heterocycles. The number of fused-ring (bicyclic) bond motifs is 3. The van der Waals surface area contributed by atoms with Crippen molar-refractivity contribution in [1.82, 2.24) is 4.90 Å². The molecule has 16 atom stereocenters. The van der Waals surface area contributed by atoms with Gasteiger partial charge >= 0.3 is 5.97 Å². The summed E-state index contributed by atoms with van der Waals surface area (Å²) in [6, 6.07) is -1.11. The molecule has 2 bridgehead atoms. The number of methoxy groups -OCH3 is 3. The highest BCUT2D eigenvalue weighted by Gasteiger charge is 2.53. The first-order valence-electron chi connectivity index (χ1n) is 24.1. The van der Waals surface area contributed by atoms with E-state index in [1.54, 1.807) is 41.1 Å². The van der Waals surface area contributed by atoms with Gasteiger partial charge in [-0.2, -0.15) is 0 Å². The van der Waals surface area contributed by atoms with E-state index in [1.807, 2.05) is 58.1 Å². The molecule has 14 heteroatoms. The van der Waals surface area contributed by atoms with Crippen LogP contribution in [0.5, 0.6) is 0 Å². The number of carbonyl (C=O) groups excluding carboxylic acids is 4. The molecule has 1 amide bonds. The molecule has 0 aromatic heterocycles. The summed E-state index contributed by atoms with van der Waals surface area (Å²) in [6.45, 7) is 13.0. The Kier molecular flexibility index (Phi) is 21.3. The predicted octanol–water partition coefficient (Wildman–Crippen LogP) is 5.97. The van der Waals surface area contributed by atoms with Crippen LogP contribution in [-0.4, -0.2) is 137 Å². The van der Waals surface area contributed by atoms with Crippen LogP contribution >= 0.6 is 0 Å². The maximum atomic E-state index is 14.4. The lowest BCUT2D eigenvalue weighted by Crippen LogP contribution is -2.61. The quantitative estimate of drug-likeness (QED) is 0.138. The third-order valence-electron chi connectivity index (χ3n) is 14.7. The molecule has 1 aliphatic carbocycles. The van der Waals surface area contributed by atoms with E-state index in [0.29, 0.717) is 63.4 Å². The zero-order valence-corrected chi connectivity index (χ0v) is 40.7. The number of piperidine rings is 1. The van der Waals surface area contributed by atoms with E-state index in [9.17, 15) is 39.6 Å². The number of aliphatic hydroxyl groups is 4. The van der Waals surface area contributed by atoms with Gasteiger partial charge in [-0.15, -0.1) is 0 Å². The second-order valence-electron chi connectivity index (χ2n) is 19.8. The Morgan fingerprint density at radius 1 is 0.815 bits per heavy atom. The summed E-state index contributed by atoms with van der Waals surface area (Å²) in [4.78, 5) is 57.8. The Labute approximate surface area is 387 Å². The number of hydrogen-bond acceptors (Lipinski definition) is 13. The zero-order chi connectivity index (χ0) is 48.2. The predicted molar refractivity (Wildman–Crippen MR) is 246 cm³/mol. The molecular formula is C51H81NO13. The minimum atomic E-state index is -2.42. The van der Waals surface area contributed by atoms with E-state index in [2.05, 4.69) is 0 Å². The number of ketones is 2. The van der Waals surface area contributed by atoms with Crippen molar-refractivity contribution in [3.63, 3.8) is 0 Å². The standard InChI is InChI=1S/C51H81NO13/c1-30-16-12-11-13-17-31(2)42(61-8)28-38-21-19-36(7)51(60,65-38)48(57)49(58)52-23-15-14-18-39(52)50(59)64-43(33(4)26-37-20-22-40(53)44(27-37)62-9)29-41(54)32(3)25-35(6)46(56)47(63-10)45(55)34(5)24-30/h11-13,16-17,25,30,32-34,36-44,46-47,53-54,56,60H,14-15,18-24,26-29H2,1-10H3/b13-11+,16-12-,31-17+,35-25+/t30-,32-,33-,34-,36-,37-,38+,39+,40-,41-,42+,43+,44-,46-,47+,51-/m1/s1. The summed E-state index contributed by atoms with van der Waals surface area (Å²) in [7, 11) is 4.55.